The summed E-state index contributed by atoms with van der Waals surface area (Å²) >= 11 is 0. The molecule has 0 aliphatic rings. The molecule has 1 aromatic carbocycles. The molecule has 8 heteroatoms. The Morgan fingerprint density at radius 3 is 2.30 bits per heavy atom. The van der Waals surface area contributed by atoms with Gasteiger partial charge in [-0.3, -0.25) is 4.79 Å². The third-order valence-corrected chi connectivity index (χ3v) is 2.53. The van der Waals surface area contributed by atoms with Crippen molar-refractivity contribution in [2.75, 3.05) is 6.54 Å². The molecule has 0 fully saturated rings. The Balaban J connectivity index is 2.92. The number of hydrogen-bond donors (Lipinski definition) is 3. The fraction of sp³-hybridized carbons (Fsp3) is 0.333. The van der Waals surface area contributed by atoms with E-state index in [1.54, 1.807) is 0 Å². The lowest BCUT2D eigenvalue weighted by Crippen LogP contribution is -2.46. The second-order valence-corrected chi connectivity index (χ2v) is 4.31. The van der Waals surface area contributed by atoms with E-state index in [-0.39, 0.29) is 0 Å². The summed E-state index contributed by atoms with van der Waals surface area (Å²) in [7, 11) is 0. The van der Waals surface area contributed by atoms with Gasteiger partial charge < -0.3 is 15.5 Å². The molecule has 1 amide bonds. The molecule has 0 saturated carbocycles. The van der Waals surface area contributed by atoms with Crippen LogP contribution in [0.5, 0.6) is 0 Å². The quantitative estimate of drug-likeness (QED) is 0.779. The van der Waals surface area contributed by atoms with Crippen LogP contribution >= 0.6 is 0 Å². The van der Waals surface area contributed by atoms with Gasteiger partial charge in [0.15, 0.2) is 5.60 Å². The fourth-order valence-electron chi connectivity index (χ4n) is 1.35. The first-order chi connectivity index (χ1) is 9.05. The van der Waals surface area contributed by atoms with Gasteiger partial charge >= 0.3 is 12.1 Å². The lowest BCUT2D eigenvalue weighted by atomic mass is 10.0. The topological polar surface area (TPSA) is 86.6 Å². The number of rotatable bonds is 4. The number of aliphatic hydroxyl groups is 1. The Hall–Kier alpha value is -2.09. The van der Waals surface area contributed by atoms with E-state index in [0.29, 0.717) is 0 Å². The Bertz CT molecular complexity index is 526. The molecule has 5 nitrogen and oxygen atoms in total. The molecule has 110 valence electrons. The number of amides is 1. The highest BCUT2D eigenvalue weighted by molar-refractivity contribution is 5.96. The maximum absolute atomic E-state index is 12.7. The van der Waals surface area contributed by atoms with Crippen LogP contribution in [0.2, 0.25) is 0 Å². The van der Waals surface area contributed by atoms with Gasteiger partial charge in [-0.15, -0.1) is 0 Å². The minimum atomic E-state index is -4.71. The van der Waals surface area contributed by atoms with Crippen LogP contribution < -0.4 is 5.32 Å². The van der Waals surface area contributed by atoms with Gasteiger partial charge in [-0.1, -0.05) is 12.1 Å². The highest BCUT2D eigenvalue weighted by Gasteiger charge is 2.36. The van der Waals surface area contributed by atoms with Crippen LogP contribution in [0.4, 0.5) is 13.2 Å². The first-order valence-corrected chi connectivity index (χ1v) is 5.46. The summed E-state index contributed by atoms with van der Waals surface area (Å²) in [6, 6.07) is 4.09. The molecule has 0 aliphatic heterocycles. The third-order valence-electron chi connectivity index (χ3n) is 2.53. The van der Waals surface area contributed by atoms with E-state index in [2.05, 4.69) is 0 Å². The predicted octanol–water partition coefficient (Wildman–Crippen LogP) is 1.27. The van der Waals surface area contributed by atoms with Crippen LogP contribution in [0.25, 0.3) is 0 Å². The molecular weight excluding hydrogens is 279 g/mol. The van der Waals surface area contributed by atoms with Gasteiger partial charge in [0.25, 0.3) is 5.91 Å². The number of alkyl halides is 3. The first kappa shape index (κ1) is 16.0. The van der Waals surface area contributed by atoms with E-state index < -0.39 is 41.3 Å². The van der Waals surface area contributed by atoms with Crippen LogP contribution in [0.3, 0.4) is 0 Å². The minimum Gasteiger partial charge on any atom is -0.479 e. The zero-order valence-corrected chi connectivity index (χ0v) is 10.4. The lowest BCUT2D eigenvalue weighted by Gasteiger charge is -2.19. The van der Waals surface area contributed by atoms with Gasteiger partial charge in [0.1, 0.15) is 0 Å². The molecule has 0 radical (unpaired) electrons. The predicted molar refractivity (Wildman–Crippen MR) is 62.0 cm³/mol. The minimum absolute atomic E-state index is 0.638. The summed E-state index contributed by atoms with van der Waals surface area (Å²) in [6.45, 7) is 0.207. The molecule has 0 bridgehead atoms. The maximum Gasteiger partial charge on any atom is 0.417 e. The fourth-order valence-corrected chi connectivity index (χ4v) is 1.35. The second kappa shape index (κ2) is 5.49. The molecule has 1 aromatic rings. The monoisotopic (exact) mass is 291 g/mol. The number of nitrogens with one attached hydrogen (secondary N) is 1. The number of carbonyl (C=O) groups is 2. The average Bonchev–Trinajstić information content (AvgIpc) is 2.35. The van der Waals surface area contributed by atoms with Crippen LogP contribution in [-0.2, 0) is 11.0 Å². The Morgan fingerprint density at radius 2 is 1.80 bits per heavy atom. The SMILES string of the molecule is CC(O)(CNC(=O)c1ccccc1C(F)(F)F)C(=O)O. The van der Waals surface area contributed by atoms with Gasteiger partial charge in [-0.25, -0.2) is 4.79 Å². The summed E-state index contributed by atoms with van der Waals surface area (Å²) < 4.78 is 38.1. The molecule has 0 aliphatic carbocycles. The van der Waals surface area contributed by atoms with E-state index in [1.807, 2.05) is 5.32 Å². The Morgan fingerprint density at radius 1 is 1.25 bits per heavy atom. The van der Waals surface area contributed by atoms with Crippen LogP contribution in [0.15, 0.2) is 24.3 Å². The summed E-state index contributed by atoms with van der Waals surface area (Å²) in [5.41, 5.74) is -4.03. The van der Waals surface area contributed by atoms with Crippen molar-refractivity contribution in [3.05, 3.63) is 35.4 Å². The van der Waals surface area contributed by atoms with Crippen molar-refractivity contribution < 1.29 is 33.0 Å². The van der Waals surface area contributed by atoms with Gasteiger partial charge in [0.05, 0.1) is 17.7 Å². The molecule has 20 heavy (non-hydrogen) atoms. The molecule has 0 saturated heterocycles. The van der Waals surface area contributed by atoms with Gasteiger partial charge in [0.2, 0.25) is 0 Å². The molecular formula is C12H12F3NO4. The van der Waals surface area contributed by atoms with E-state index >= 15 is 0 Å². The number of carboxylic acid groups (broad SMARTS) is 1. The van der Waals surface area contributed by atoms with Crippen LogP contribution in [0.1, 0.15) is 22.8 Å². The van der Waals surface area contributed by atoms with E-state index in [0.717, 1.165) is 25.1 Å². The standard InChI is InChI=1S/C12H12F3NO4/c1-11(20,10(18)19)6-16-9(17)7-4-2-3-5-8(7)12(13,14)15/h2-5,20H,6H2,1H3,(H,16,17)(H,18,19). The van der Waals surface area contributed by atoms with Crippen molar-refractivity contribution in [3.8, 4) is 0 Å². The van der Waals surface area contributed by atoms with Crippen molar-refractivity contribution in [1.29, 1.82) is 0 Å². The zero-order valence-electron chi connectivity index (χ0n) is 10.4. The summed E-state index contributed by atoms with van der Waals surface area (Å²) in [5, 5.41) is 20.0. The number of hydrogen-bond acceptors (Lipinski definition) is 3. The second-order valence-electron chi connectivity index (χ2n) is 4.31. The molecule has 0 heterocycles. The molecule has 0 aromatic heterocycles. The van der Waals surface area contributed by atoms with Crippen molar-refractivity contribution in [3.63, 3.8) is 0 Å². The summed E-state index contributed by atoms with van der Waals surface area (Å²) in [5.74, 6) is -2.71. The van der Waals surface area contributed by atoms with Gasteiger partial charge in [0, 0.05) is 0 Å². The van der Waals surface area contributed by atoms with E-state index in [1.165, 1.54) is 6.07 Å². The maximum atomic E-state index is 12.7. The first-order valence-electron chi connectivity index (χ1n) is 5.46. The summed E-state index contributed by atoms with van der Waals surface area (Å²) in [6.07, 6.45) is -4.71. The molecule has 1 atom stereocenters. The number of halogens is 3. The van der Waals surface area contributed by atoms with Crippen molar-refractivity contribution >= 4 is 11.9 Å². The smallest absolute Gasteiger partial charge is 0.417 e. The molecule has 3 N–H and O–H groups in total. The van der Waals surface area contributed by atoms with E-state index in [9.17, 15) is 27.9 Å². The number of benzene rings is 1. The highest BCUT2D eigenvalue weighted by Crippen LogP contribution is 2.31. The third kappa shape index (κ3) is 3.70. The number of carboxylic acids is 1. The Kier molecular flexibility index (Phi) is 4.39. The highest BCUT2D eigenvalue weighted by atomic mass is 19.4. The number of aliphatic carboxylic acids is 1. The molecule has 1 rings (SSSR count). The van der Waals surface area contributed by atoms with Crippen molar-refractivity contribution in [1.82, 2.24) is 5.32 Å². The van der Waals surface area contributed by atoms with Crippen molar-refractivity contribution in [2.24, 2.45) is 0 Å². The van der Waals surface area contributed by atoms with Gasteiger partial charge in [-0.05, 0) is 19.1 Å². The van der Waals surface area contributed by atoms with Crippen LogP contribution in [-0.4, -0.2) is 34.2 Å². The average molecular weight is 291 g/mol. The van der Waals surface area contributed by atoms with Crippen molar-refractivity contribution in [2.45, 2.75) is 18.7 Å². The molecule has 0 spiro atoms. The zero-order chi connectivity index (χ0) is 15.6. The lowest BCUT2D eigenvalue weighted by molar-refractivity contribution is -0.155. The van der Waals surface area contributed by atoms with E-state index in [4.69, 9.17) is 5.11 Å². The normalized spacial score (nSPS) is 14.4. The summed E-state index contributed by atoms with van der Waals surface area (Å²) in [4.78, 5) is 22.3. The van der Waals surface area contributed by atoms with Gasteiger partial charge in [-0.2, -0.15) is 13.2 Å². The number of carbonyl (C=O) groups excluding carboxylic acids is 1. The Labute approximate surface area is 112 Å². The molecule has 1 unspecified atom stereocenters. The van der Waals surface area contributed by atoms with Crippen LogP contribution in [0, 0.1) is 0 Å². The largest absolute Gasteiger partial charge is 0.479 e.